The SMILES string of the molecule is CC(C)(C)c1nnc(NC(=O)CN2CCN(C(=O)c3ccccc3F)CC2)s1. The van der Waals surface area contributed by atoms with E-state index in [9.17, 15) is 14.0 Å². The van der Waals surface area contributed by atoms with E-state index in [2.05, 4.69) is 15.5 Å². The lowest BCUT2D eigenvalue weighted by atomic mass is 9.98. The minimum absolute atomic E-state index is 0.0830. The van der Waals surface area contributed by atoms with Crippen molar-refractivity contribution in [2.24, 2.45) is 0 Å². The van der Waals surface area contributed by atoms with Crippen LogP contribution in [0, 0.1) is 5.82 Å². The molecule has 0 unspecified atom stereocenters. The zero-order chi connectivity index (χ0) is 20.3. The average molecular weight is 405 g/mol. The fraction of sp³-hybridized carbons (Fsp3) is 0.474. The van der Waals surface area contributed by atoms with Crippen LogP contribution in [-0.2, 0) is 10.2 Å². The Hall–Kier alpha value is -2.39. The summed E-state index contributed by atoms with van der Waals surface area (Å²) in [6.07, 6.45) is 0. The molecule has 0 bridgehead atoms. The summed E-state index contributed by atoms with van der Waals surface area (Å²) >= 11 is 1.37. The van der Waals surface area contributed by atoms with Crippen molar-refractivity contribution in [1.29, 1.82) is 0 Å². The van der Waals surface area contributed by atoms with E-state index in [1.807, 2.05) is 25.7 Å². The third-order valence-electron chi connectivity index (χ3n) is 4.44. The Morgan fingerprint density at radius 1 is 1.14 bits per heavy atom. The molecule has 2 amide bonds. The second kappa shape index (κ2) is 8.32. The number of anilines is 1. The van der Waals surface area contributed by atoms with Crippen molar-refractivity contribution < 1.29 is 14.0 Å². The molecule has 0 radical (unpaired) electrons. The molecule has 0 aliphatic carbocycles. The maximum atomic E-state index is 13.8. The van der Waals surface area contributed by atoms with Crippen LogP contribution in [0.3, 0.4) is 0 Å². The predicted octanol–water partition coefficient (Wildman–Crippen LogP) is 2.37. The average Bonchev–Trinajstić information content (AvgIpc) is 3.11. The largest absolute Gasteiger partial charge is 0.336 e. The van der Waals surface area contributed by atoms with Gasteiger partial charge in [-0.15, -0.1) is 10.2 Å². The highest BCUT2D eigenvalue weighted by Gasteiger charge is 2.25. The lowest BCUT2D eigenvalue weighted by molar-refractivity contribution is -0.117. The highest BCUT2D eigenvalue weighted by molar-refractivity contribution is 7.15. The van der Waals surface area contributed by atoms with Crippen molar-refractivity contribution in [2.45, 2.75) is 26.2 Å². The van der Waals surface area contributed by atoms with Crippen molar-refractivity contribution in [1.82, 2.24) is 20.0 Å². The van der Waals surface area contributed by atoms with Gasteiger partial charge in [0.2, 0.25) is 11.0 Å². The molecule has 1 aromatic heterocycles. The Kier molecular flexibility index (Phi) is 6.04. The van der Waals surface area contributed by atoms with Crippen LogP contribution in [0.2, 0.25) is 0 Å². The molecule has 150 valence electrons. The minimum Gasteiger partial charge on any atom is -0.336 e. The number of nitrogens with zero attached hydrogens (tertiary/aromatic N) is 4. The van der Waals surface area contributed by atoms with Crippen LogP contribution < -0.4 is 5.32 Å². The molecule has 0 saturated carbocycles. The quantitative estimate of drug-likeness (QED) is 0.845. The third-order valence-corrected chi connectivity index (χ3v) is 5.71. The van der Waals surface area contributed by atoms with E-state index in [4.69, 9.17) is 0 Å². The summed E-state index contributed by atoms with van der Waals surface area (Å²) in [6, 6.07) is 5.98. The molecular weight excluding hydrogens is 381 g/mol. The Morgan fingerprint density at radius 3 is 2.43 bits per heavy atom. The molecule has 28 heavy (non-hydrogen) atoms. The van der Waals surface area contributed by atoms with Crippen LogP contribution in [0.1, 0.15) is 36.1 Å². The fourth-order valence-corrected chi connectivity index (χ4v) is 3.67. The summed E-state index contributed by atoms with van der Waals surface area (Å²) in [5, 5.41) is 12.3. The van der Waals surface area contributed by atoms with Crippen molar-refractivity contribution in [3.8, 4) is 0 Å². The van der Waals surface area contributed by atoms with Gasteiger partial charge in [0.05, 0.1) is 12.1 Å². The first-order chi connectivity index (χ1) is 13.2. The van der Waals surface area contributed by atoms with Gasteiger partial charge in [0.15, 0.2) is 0 Å². The first-order valence-electron chi connectivity index (χ1n) is 9.14. The number of benzene rings is 1. The van der Waals surface area contributed by atoms with Crippen LogP contribution in [0.5, 0.6) is 0 Å². The van der Waals surface area contributed by atoms with Gasteiger partial charge in [0.1, 0.15) is 10.8 Å². The third kappa shape index (κ3) is 4.90. The van der Waals surface area contributed by atoms with Gasteiger partial charge >= 0.3 is 0 Å². The number of hydrogen-bond donors (Lipinski definition) is 1. The molecule has 1 aliphatic rings. The maximum absolute atomic E-state index is 13.8. The molecule has 2 aromatic rings. The normalized spacial score (nSPS) is 15.5. The van der Waals surface area contributed by atoms with E-state index >= 15 is 0 Å². The predicted molar refractivity (Wildman–Crippen MR) is 106 cm³/mol. The van der Waals surface area contributed by atoms with Crippen LogP contribution in [0.25, 0.3) is 0 Å². The maximum Gasteiger partial charge on any atom is 0.256 e. The van der Waals surface area contributed by atoms with Crippen molar-refractivity contribution >= 4 is 28.3 Å². The van der Waals surface area contributed by atoms with Gasteiger partial charge < -0.3 is 4.90 Å². The number of rotatable bonds is 4. The number of halogens is 1. The van der Waals surface area contributed by atoms with Gasteiger partial charge in [-0.05, 0) is 12.1 Å². The number of amides is 2. The standard InChI is InChI=1S/C19H24FN5O2S/c1-19(2,3)17-22-23-18(28-17)21-15(26)12-24-8-10-25(11-9-24)16(27)13-6-4-5-7-14(13)20/h4-7H,8-12H2,1-3H3,(H,21,23,26). The van der Waals surface area contributed by atoms with Crippen LogP contribution in [-0.4, -0.2) is 64.5 Å². The number of hydrogen-bond acceptors (Lipinski definition) is 6. The van der Waals surface area contributed by atoms with E-state index < -0.39 is 5.82 Å². The van der Waals surface area contributed by atoms with Crippen LogP contribution in [0.4, 0.5) is 9.52 Å². The monoisotopic (exact) mass is 405 g/mol. The van der Waals surface area contributed by atoms with E-state index in [-0.39, 0.29) is 29.3 Å². The zero-order valence-corrected chi connectivity index (χ0v) is 17.1. The van der Waals surface area contributed by atoms with E-state index in [0.29, 0.717) is 31.3 Å². The molecule has 0 spiro atoms. The Balaban J connectivity index is 1.49. The molecule has 7 nitrogen and oxygen atoms in total. The van der Waals surface area contributed by atoms with Gasteiger partial charge in [-0.25, -0.2) is 4.39 Å². The zero-order valence-electron chi connectivity index (χ0n) is 16.2. The lowest BCUT2D eigenvalue weighted by Crippen LogP contribution is -2.50. The van der Waals surface area contributed by atoms with E-state index in [1.54, 1.807) is 17.0 Å². The van der Waals surface area contributed by atoms with Crippen LogP contribution >= 0.6 is 11.3 Å². The molecule has 1 aliphatic heterocycles. The molecule has 9 heteroatoms. The summed E-state index contributed by atoms with van der Waals surface area (Å²) in [4.78, 5) is 28.3. The van der Waals surface area contributed by atoms with E-state index in [0.717, 1.165) is 5.01 Å². The second-order valence-corrected chi connectivity index (χ2v) is 8.74. The summed E-state index contributed by atoms with van der Waals surface area (Å²) in [6.45, 7) is 8.35. The Morgan fingerprint density at radius 2 is 1.82 bits per heavy atom. The summed E-state index contributed by atoms with van der Waals surface area (Å²) in [7, 11) is 0. The van der Waals surface area contributed by atoms with Gasteiger partial charge in [-0.2, -0.15) is 0 Å². The Labute approximate surface area is 167 Å². The van der Waals surface area contributed by atoms with Crippen molar-refractivity contribution in [3.05, 3.63) is 40.7 Å². The first kappa shape index (κ1) is 20.3. The van der Waals surface area contributed by atoms with Crippen molar-refractivity contribution in [3.63, 3.8) is 0 Å². The summed E-state index contributed by atoms with van der Waals surface area (Å²) in [5.41, 5.74) is -0.0264. The fourth-order valence-electron chi connectivity index (χ4n) is 2.85. The highest BCUT2D eigenvalue weighted by atomic mass is 32.1. The number of piperazine rings is 1. The molecule has 1 saturated heterocycles. The molecule has 1 N–H and O–H groups in total. The van der Waals surface area contributed by atoms with Gasteiger partial charge in [-0.1, -0.05) is 44.2 Å². The molecular formula is C19H24FN5O2S. The van der Waals surface area contributed by atoms with Crippen molar-refractivity contribution in [2.75, 3.05) is 38.0 Å². The van der Waals surface area contributed by atoms with Gasteiger partial charge in [0.25, 0.3) is 5.91 Å². The highest BCUT2D eigenvalue weighted by Crippen LogP contribution is 2.27. The lowest BCUT2D eigenvalue weighted by Gasteiger charge is -2.34. The van der Waals surface area contributed by atoms with Gasteiger partial charge in [-0.3, -0.25) is 19.8 Å². The molecule has 3 rings (SSSR count). The van der Waals surface area contributed by atoms with Gasteiger partial charge in [0, 0.05) is 31.6 Å². The number of carbonyl (C=O) groups is 2. The summed E-state index contributed by atoms with van der Waals surface area (Å²) < 4.78 is 13.8. The molecule has 0 atom stereocenters. The van der Waals surface area contributed by atoms with E-state index in [1.165, 1.54) is 23.5 Å². The second-order valence-electron chi connectivity index (χ2n) is 7.76. The topological polar surface area (TPSA) is 78.4 Å². The molecule has 1 fully saturated rings. The summed E-state index contributed by atoms with van der Waals surface area (Å²) in [5.74, 6) is -0.989. The molecule has 1 aromatic carbocycles. The minimum atomic E-state index is -0.513. The molecule has 2 heterocycles. The number of nitrogens with one attached hydrogen (secondary N) is 1. The Bertz CT molecular complexity index is 856. The number of carbonyl (C=O) groups excluding carboxylic acids is 2. The van der Waals surface area contributed by atoms with Crippen LogP contribution in [0.15, 0.2) is 24.3 Å². The number of aromatic nitrogens is 2. The first-order valence-corrected chi connectivity index (χ1v) is 9.95. The smallest absolute Gasteiger partial charge is 0.256 e.